The first kappa shape index (κ1) is 13.2. The lowest BCUT2D eigenvalue weighted by Gasteiger charge is -2.23. The molecule has 0 aliphatic heterocycles. The standard InChI is InChI=1S/C12H20BrNS/c1-5-6-8(2)12(14-4)10-7-11(13)15-9(10)3/h7-8,12,14H,5-6H2,1-4H3. The summed E-state index contributed by atoms with van der Waals surface area (Å²) in [6.07, 6.45) is 2.53. The van der Waals surface area contributed by atoms with Crippen LogP contribution in [0, 0.1) is 12.8 Å². The zero-order chi connectivity index (χ0) is 11.4. The van der Waals surface area contributed by atoms with Crippen molar-refractivity contribution in [1.29, 1.82) is 0 Å². The van der Waals surface area contributed by atoms with Gasteiger partial charge in [-0.15, -0.1) is 11.3 Å². The first-order valence-electron chi connectivity index (χ1n) is 5.53. The van der Waals surface area contributed by atoms with Crippen LogP contribution in [0.1, 0.15) is 43.2 Å². The summed E-state index contributed by atoms with van der Waals surface area (Å²) in [5.74, 6) is 0.695. The highest BCUT2D eigenvalue weighted by Gasteiger charge is 2.20. The molecule has 0 aliphatic carbocycles. The van der Waals surface area contributed by atoms with Crippen molar-refractivity contribution in [1.82, 2.24) is 5.32 Å². The second kappa shape index (κ2) is 6.02. The number of nitrogens with one attached hydrogen (secondary N) is 1. The van der Waals surface area contributed by atoms with E-state index in [9.17, 15) is 0 Å². The van der Waals surface area contributed by atoms with E-state index in [4.69, 9.17) is 0 Å². The monoisotopic (exact) mass is 289 g/mol. The van der Waals surface area contributed by atoms with Crippen LogP contribution in [0.25, 0.3) is 0 Å². The second-order valence-corrected chi connectivity index (χ2v) is 6.73. The van der Waals surface area contributed by atoms with Crippen LogP contribution in [0.2, 0.25) is 0 Å². The lowest BCUT2D eigenvalue weighted by Crippen LogP contribution is -2.23. The van der Waals surface area contributed by atoms with E-state index in [1.54, 1.807) is 0 Å². The first-order valence-corrected chi connectivity index (χ1v) is 7.14. The molecule has 0 spiro atoms. The molecule has 1 nitrogen and oxygen atoms in total. The Bertz CT molecular complexity index is 309. The Morgan fingerprint density at radius 2 is 2.20 bits per heavy atom. The van der Waals surface area contributed by atoms with E-state index in [-0.39, 0.29) is 0 Å². The Balaban J connectivity index is 2.86. The van der Waals surface area contributed by atoms with Crippen molar-refractivity contribution in [3.05, 3.63) is 20.3 Å². The summed E-state index contributed by atoms with van der Waals surface area (Å²) in [6, 6.07) is 2.75. The van der Waals surface area contributed by atoms with Crippen molar-refractivity contribution in [2.45, 2.75) is 39.7 Å². The Morgan fingerprint density at radius 1 is 1.53 bits per heavy atom. The maximum Gasteiger partial charge on any atom is 0.0704 e. The molecule has 1 rings (SSSR count). The van der Waals surface area contributed by atoms with Crippen molar-refractivity contribution in [3.63, 3.8) is 0 Å². The summed E-state index contributed by atoms with van der Waals surface area (Å²) in [5.41, 5.74) is 1.45. The van der Waals surface area contributed by atoms with Gasteiger partial charge in [-0.1, -0.05) is 20.3 Å². The molecule has 0 saturated carbocycles. The minimum Gasteiger partial charge on any atom is -0.313 e. The molecule has 0 aromatic carbocycles. The van der Waals surface area contributed by atoms with E-state index in [1.807, 2.05) is 11.3 Å². The normalized spacial score (nSPS) is 15.3. The number of hydrogen-bond donors (Lipinski definition) is 1. The molecule has 0 saturated heterocycles. The van der Waals surface area contributed by atoms with Crippen molar-refractivity contribution in [2.75, 3.05) is 7.05 Å². The number of hydrogen-bond acceptors (Lipinski definition) is 2. The minimum atomic E-state index is 0.493. The molecule has 86 valence electrons. The van der Waals surface area contributed by atoms with E-state index in [2.05, 4.69) is 55.1 Å². The van der Waals surface area contributed by atoms with Crippen molar-refractivity contribution >= 4 is 27.3 Å². The largest absolute Gasteiger partial charge is 0.313 e. The van der Waals surface area contributed by atoms with Crippen LogP contribution in [0.15, 0.2) is 9.85 Å². The van der Waals surface area contributed by atoms with E-state index >= 15 is 0 Å². The fourth-order valence-electron chi connectivity index (χ4n) is 2.14. The highest BCUT2D eigenvalue weighted by molar-refractivity contribution is 9.11. The lowest BCUT2D eigenvalue weighted by molar-refractivity contribution is 0.383. The average Bonchev–Trinajstić information content (AvgIpc) is 2.47. The third kappa shape index (κ3) is 3.30. The molecule has 0 aliphatic rings. The molecule has 3 heteroatoms. The number of aryl methyl sites for hydroxylation is 1. The predicted octanol–water partition coefficient (Wildman–Crippen LogP) is 4.52. The predicted molar refractivity (Wildman–Crippen MR) is 72.6 cm³/mol. The number of halogens is 1. The van der Waals surface area contributed by atoms with Gasteiger partial charge in [0.15, 0.2) is 0 Å². The van der Waals surface area contributed by atoms with E-state index in [0.29, 0.717) is 12.0 Å². The van der Waals surface area contributed by atoms with Crippen LogP contribution in [-0.2, 0) is 0 Å². The van der Waals surface area contributed by atoms with Gasteiger partial charge in [-0.2, -0.15) is 0 Å². The Morgan fingerprint density at radius 3 is 2.60 bits per heavy atom. The first-order chi connectivity index (χ1) is 7.10. The van der Waals surface area contributed by atoms with Crippen LogP contribution < -0.4 is 5.32 Å². The fourth-order valence-corrected chi connectivity index (χ4v) is 3.89. The number of thiophene rings is 1. The van der Waals surface area contributed by atoms with Gasteiger partial charge in [-0.25, -0.2) is 0 Å². The molecule has 1 N–H and O–H groups in total. The highest BCUT2D eigenvalue weighted by atomic mass is 79.9. The zero-order valence-corrected chi connectivity index (χ0v) is 12.3. The topological polar surface area (TPSA) is 12.0 Å². The summed E-state index contributed by atoms with van der Waals surface area (Å²) in [5, 5.41) is 3.44. The molecule has 1 aromatic heterocycles. The molecular formula is C12H20BrNS. The average molecular weight is 290 g/mol. The van der Waals surface area contributed by atoms with Crippen LogP contribution in [0.5, 0.6) is 0 Å². The maximum absolute atomic E-state index is 3.56. The van der Waals surface area contributed by atoms with Gasteiger partial charge in [0.2, 0.25) is 0 Å². The molecule has 0 fully saturated rings. The van der Waals surface area contributed by atoms with Crippen LogP contribution in [0.4, 0.5) is 0 Å². The lowest BCUT2D eigenvalue weighted by atomic mass is 9.91. The summed E-state index contributed by atoms with van der Waals surface area (Å²) < 4.78 is 1.24. The van der Waals surface area contributed by atoms with Gasteiger partial charge in [0, 0.05) is 10.9 Å². The molecule has 1 heterocycles. The van der Waals surface area contributed by atoms with Crippen LogP contribution in [-0.4, -0.2) is 7.05 Å². The fraction of sp³-hybridized carbons (Fsp3) is 0.667. The van der Waals surface area contributed by atoms with E-state index in [0.717, 1.165) is 0 Å². The summed E-state index contributed by atoms with van der Waals surface area (Å²) in [7, 11) is 2.06. The van der Waals surface area contributed by atoms with Crippen LogP contribution >= 0.6 is 27.3 Å². The summed E-state index contributed by atoms with van der Waals surface area (Å²) in [4.78, 5) is 1.42. The Kier molecular flexibility index (Phi) is 5.30. The molecule has 1 aromatic rings. The molecule has 0 radical (unpaired) electrons. The van der Waals surface area contributed by atoms with Gasteiger partial charge < -0.3 is 5.32 Å². The zero-order valence-electron chi connectivity index (χ0n) is 9.93. The van der Waals surface area contributed by atoms with Gasteiger partial charge in [0.25, 0.3) is 0 Å². The number of rotatable bonds is 5. The SMILES string of the molecule is CCCC(C)C(NC)c1cc(Br)sc1C. The molecule has 2 atom stereocenters. The van der Waals surface area contributed by atoms with Gasteiger partial charge >= 0.3 is 0 Å². The van der Waals surface area contributed by atoms with Gasteiger partial charge in [-0.05, 0) is 53.9 Å². The molecule has 0 amide bonds. The molecule has 2 unspecified atom stereocenters. The van der Waals surface area contributed by atoms with Crippen LogP contribution in [0.3, 0.4) is 0 Å². The van der Waals surface area contributed by atoms with E-state index < -0.39 is 0 Å². The summed E-state index contributed by atoms with van der Waals surface area (Å²) in [6.45, 7) is 6.78. The summed E-state index contributed by atoms with van der Waals surface area (Å²) >= 11 is 5.38. The molecule has 15 heavy (non-hydrogen) atoms. The van der Waals surface area contributed by atoms with Crippen molar-refractivity contribution < 1.29 is 0 Å². The maximum atomic E-state index is 3.56. The van der Waals surface area contributed by atoms with Crippen molar-refractivity contribution in [3.8, 4) is 0 Å². The van der Waals surface area contributed by atoms with Gasteiger partial charge in [-0.3, -0.25) is 0 Å². The van der Waals surface area contributed by atoms with Gasteiger partial charge in [0.1, 0.15) is 0 Å². The Labute approximate surface area is 105 Å². The smallest absolute Gasteiger partial charge is 0.0704 e. The molecular weight excluding hydrogens is 270 g/mol. The minimum absolute atomic E-state index is 0.493. The van der Waals surface area contributed by atoms with E-state index in [1.165, 1.54) is 27.1 Å². The Hall–Kier alpha value is 0.140. The van der Waals surface area contributed by atoms with Gasteiger partial charge in [0.05, 0.1) is 3.79 Å². The third-order valence-electron chi connectivity index (χ3n) is 2.89. The highest BCUT2D eigenvalue weighted by Crippen LogP contribution is 2.34. The second-order valence-electron chi connectivity index (χ2n) is 4.09. The quantitative estimate of drug-likeness (QED) is 0.841. The third-order valence-corrected chi connectivity index (χ3v) is 4.45. The molecule has 0 bridgehead atoms. The van der Waals surface area contributed by atoms with Crippen molar-refractivity contribution in [2.24, 2.45) is 5.92 Å².